The van der Waals surface area contributed by atoms with Crippen LogP contribution in [0.15, 0.2) is 4.47 Å². The average Bonchev–Trinajstić information content (AvgIpc) is 2.27. The van der Waals surface area contributed by atoms with E-state index in [1.165, 1.54) is 7.11 Å². The first-order valence-corrected chi connectivity index (χ1v) is 6.06. The SMILES string of the molecule is COc1c(Cl)c(F)c2c(c1Br)CCCC2. The second-order valence-corrected chi connectivity index (χ2v) is 4.81. The molecule has 0 atom stereocenters. The van der Waals surface area contributed by atoms with Crippen molar-refractivity contribution in [2.45, 2.75) is 25.7 Å². The normalized spacial score (nSPS) is 14.9. The third-order valence-electron chi connectivity index (χ3n) is 2.79. The Bertz CT molecular complexity index is 406. The third kappa shape index (κ3) is 1.76. The van der Waals surface area contributed by atoms with Crippen molar-refractivity contribution in [2.75, 3.05) is 7.11 Å². The van der Waals surface area contributed by atoms with Gasteiger partial charge in [0, 0.05) is 0 Å². The molecule has 1 aromatic rings. The molecular formula is C11H11BrClFO. The van der Waals surface area contributed by atoms with Crippen LogP contribution in [-0.2, 0) is 12.8 Å². The standard InChI is InChI=1S/C11H11BrClFO/c1-15-11-8(12)6-4-2-3-5-7(6)10(14)9(11)13/h2-5H2,1H3. The van der Waals surface area contributed by atoms with Crippen molar-refractivity contribution in [3.8, 4) is 5.75 Å². The Hall–Kier alpha value is -0.280. The van der Waals surface area contributed by atoms with Crippen LogP contribution in [0, 0.1) is 5.82 Å². The summed E-state index contributed by atoms with van der Waals surface area (Å²) in [7, 11) is 1.50. The van der Waals surface area contributed by atoms with Gasteiger partial charge < -0.3 is 4.74 Å². The van der Waals surface area contributed by atoms with Gasteiger partial charge in [-0.2, -0.15) is 0 Å². The third-order valence-corrected chi connectivity index (χ3v) is 3.97. The summed E-state index contributed by atoms with van der Waals surface area (Å²) in [5.74, 6) is 0.0984. The molecule has 0 amide bonds. The van der Waals surface area contributed by atoms with E-state index in [1.54, 1.807) is 0 Å². The molecule has 0 fully saturated rings. The number of methoxy groups -OCH3 is 1. The van der Waals surface area contributed by atoms with Crippen molar-refractivity contribution in [3.63, 3.8) is 0 Å². The number of hydrogen-bond donors (Lipinski definition) is 0. The summed E-state index contributed by atoms with van der Waals surface area (Å²) >= 11 is 9.34. The number of benzene rings is 1. The van der Waals surface area contributed by atoms with E-state index in [9.17, 15) is 4.39 Å². The predicted octanol–water partition coefficient (Wildman–Crippen LogP) is 4.13. The summed E-state index contributed by atoms with van der Waals surface area (Å²) in [4.78, 5) is 0. The van der Waals surface area contributed by atoms with Crippen LogP contribution in [0.4, 0.5) is 4.39 Å². The first-order chi connectivity index (χ1) is 7.16. The molecular weight excluding hydrogens is 282 g/mol. The Kier molecular flexibility index (Phi) is 3.21. The van der Waals surface area contributed by atoms with Gasteiger partial charge in [-0.1, -0.05) is 11.6 Å². The fourth-order valence-electron chi connectivity index (χ4n) is 2.03. The quantitative estimate of drug-likeness (QED) is 0.708. The molecule has 0 saturated carbocycles. The first kappa shape index (κ1) is 11.2. The molecule has 1 nitrogen and oxygen atoms in total. The highest BCUT2D eigenvalue weighted by Crippen LogP contribution is 2.42. The largest absolute Gasteiger partial charge is 0.494 e. The van der Waals surface area contributed by atoms with E-state index < -0.39 is 0 Å². The van der Waals surface area contributed by atoms with Crippen LogP contribution < -0.4 is 4.74 Å². The summed E-state index contributed by atoms with van der Waals surface area (Å²) in [5.41, 5.74) is 1.76. The summed E-state index contributed by atoms with van der Waals surface area (Å²) in [6.07, 6.45) is 3.78. The molecule has 1 aliphatic carbocycles. The fourth-order valence-corrected chi connectivity index (χ4v) is 3.23. The highest BCUT2D eigenvalue weighted by atomic mass is 79.9. The highest BCUT2D eigenvalue weighted by molar-refractivity contribution is 9.10. The lowest BCUT2D eigenvalue weighted by Crippen LogP contribution is -2.08. The van der Waals surface area contributed by atoms with Crippen LogP contribution >= 0.6 is 27.5 Å². The van der Waals surface area contributed by atoms with Crippen LogP contribution in [-0.4, -0.2) is 7.11 Å². The van der Waals surface area contributed by atoms with E-state index in [2.05, 4.69) is 15.9 Å². The van der Waals surface area contributed by atoms with Gasteiger partial charge in [0.1, 0.15) is 10.8 Å². The van der Waals surface area contributed by atoms with E-state index in [-0.39, 0.29) is 10.8 Å². The molecule has 4 heteroatoms. The number of ether oxygens (including phenoxy) is 1. The molecule has 2 rings (SSSR count). The monoisotopic (exact) mass is 292 g/mol. The topological polar surface area (TPSA) is 9.23 Å². The van der Waals surface area contributed by atoms with E-state index in [0.717, 1.165) is 41.3 Å². The number of fused-ring (bicyclic) bond motifs is 1. The summed E-state index contributed by atoms with van der Waals surface area (Å²) < 4.78 is 19.8. The zero-order valence-electron chi connectivity index (χ0n) is 8.37. The van der Waals surface area contributed by atoms with Gasteiger partial charge in [0.15, 0.2) is 5.75 Å². The first-order valence-electron chi connectivity index (χ1n) is 4.89. The molecule has 0 saturated heterocycles. The molecule has 0 bridgehead atoms. The second-order valence-electron chi connectivity index (χ2n) is 3.64. The van der Waals surface area contributed by atoms with Crippen molar-refractivity contribution in [1.82, 2.24) is 0 Å². The minimum absolute atomic E-state index is 0.0880. The highest BCUT2D eigenvalue weighted by Gasteiger charge is 2.24. The molecule has 1 aromatic carbocycles. The summed E-state index contributed by atoms with van der Waals surface area (Å²) in [6.45, 7) is 0. The lowest BCUT2D eigenvalue weighted by molar-refractivity contribution is 0.406. The summed E-state index contributed by atoms with van der Waals surface area (Å²) in [6, 6.07) is 0. The van der Waals surface area contributed by atoms with Gasteiger partial charge in [-0.15, -0.1) is 0 Å². The van der Waals surface area contributed by atoms with Gasteiger partial charge in [-0.05, 0) is 52.7 Å². The maximum atomic E-state index is 13.9. The molecule has 0 aliphatic heterocycles. The Morgan fingerprint density at radius 1 is 1.27 bits per heavy atom. The molecule has 0 spiro atoms. The Labute approximate surface area is 102 Å². The lowest BCUT2D eigenvalue weighted by Gasteiger charge is -2.21. The molecule has 0 heterocycles. The Balaban J connectivity index is 2.69. The molecule has 0 unspecified atom stereocenters. The predicted molar refractivity (Wildman–Crippen MR) is 62.3 cm³/mol. The van der Waals surface area contributed by atoms with Crippen molar-refractivity contribution >= 4 is 27.5 Å². The minimum Gasteiger partial charge on any atom is -0.494 e. The average molecular weight is 294 g/mol. The van der Waals surface area contributed by atoms with E-state index in [1.807, 2.05) is 0 Å². The van der Waals surface area contributed by atoms with Crippen LogP contribution in [0.1, 0.15) is 24.0 Å². The fraction of sp³-hybridized carbons (Fsp3) is 0.455. The van der Waals surface area contributed by atoms with Crippen LogP contribution in [0.5, 0.6) is 5.75 Å². The van der Waals surface area contributed by atoms with Crippen LogP contribution in [0.2, 0.25) is 5.02 Å². The minimum atomic E-state index is -0.314. The molecule has 0 radical (unpaired) electrons. The van der Waals surface area contributed by atoms with Gasteiger partial charge in [0.05, 0.1) is 11.6 Å². The smallest absolute Gasteiger partial charge is 0.154 e. The molecule has 15 heavy (non-hydrogen) atoms. The van der Waals surface area contributed by atoms with E-state index in [4.69, 9.17) is 16.3 Å². The molecule has 0 N–H and O–H groups in total. The maximum Gasteiger partial charge on any atom is 0.154 e. The summed E-state index contributed by atoms with van der Waals surface area (Å²) in [5, 5.41) is 0.0880. The van der Waals surface area contributed by atoms with Crippen LogP contribution in [0.25, 0.3) is 0 Å². The molecule has 82 valence electrons. The zero-order valence-corrected chi connectivity index (χ0v) is 10.7. The lowest BCUT2D eigenvalue weighted by atomic mass is 9.91. The van der Waals surface area contributed by atoms with E-state index >= 15 is 0 Å². The second kappa shape index (κ2) is 4.30. The number of rotatable bonds is 1. The van der Waals surface area contributed by atoms with Crippen molar-refractivity contribution in [3.05, 3.63) is 26.4 Å². The number of halogens is 3. The molecule has 1 aliphatic rings. The van der Waals surface area contributed by atoms with Crippen molar-refractivity contribution in [1.29, 1.82) is 0 Å². The van der Waals surface area contributed by atoms with Crippen LogP contribution in [0.3, 0.4) is 0 Å². The van der Waals surface area contributed by atoms with E-state index in [0.29, 0.717) is 5.75 Å². The zero-order chi connectivity index (χ0) is 11.0. The van der Waals surface area contributed by atoms with Crippen molar-refractivity contribution < 1.29 is 9.13 Å². The molecule has 0 aromatic heterocycles. The maximum absolute atomic E-state index is 13.9. The number of hydrogen-bond acceptors (Lipinski definition) is 1. The van der Waals surface area contributed by atoms with Gasteiger partial charge in [-0.3, -0.25) is 0 Å². The van der Waals surface area contributed by atoms with Gasteiger partial charge >= 0.3 is 0 Å². The Morgan fingerprint density at radius 2 is 1.87 bits per heavy atom. The van der Waals surface area contributed by atoms with Gasteiger partial charge in [0.2, 0.25) is 0 Å². The van der Waals surface area contributed by atoms with Crippen molar-refractivity contribution in [2.24, 2.45) is 0 Å². The van der Waals surface area contributed by atoms with Gasteiger partial charge in [0.25, 0.3) is 0 Å². The Morgan fingerprint density at radius 3 is 2.47 bits per heavy atom. The van der Waals surface area contributed by atoms with Gasteiger partial charge in [-0.25, -0.2) is 4.39 Å².